The molecule has 180 valence electrons. The van der Waals surface area contributed by atoms with Gasteiger partial charge in [-0.05, 0) is 60.7 Å². The molecule has 3 heterocycles. The molecule has 0 bridgehead atoms. The van der Waals surface area contributed by atoms with Gasteiger partial charge in [0.05, 0.1) is 16.3 Å². The van der Waals surface area contributed by atoms with E-state index in [0.29, 0.717) is 28.2 Å². The van der Waals surface area contributed by atoms with Crippen molar-refractivity contribution in [1.82, 2.24) is 19.6 Å². The number of alkyl halides is 3. The number of halogens is 5. The molecule has 0 aliphatic carbocycles. The highest BCUT2D eigenvalue weighted by molar-refractivity contribution is 6.31. The standard InChI is InChI=1S/C25H14ClF4N5O/c26-18-12-14(6-7-19(18)27)22-23(35-21(34-22)5-2-9-32-35)15-8-10-31-20(13-15)33-24(36)16-3-1-4-17(11-16)25(28,29)30/h1-13H,(H,31,33,36). The van der Waals surface area contributed by atoms with E-state index in [1.54, 1.807) is 28.9 Å². The minimum atomic E-state index is -4.58. The van der Waals surface area contributed by atoms with Crippen LogP contribution >= 0.6 is 11.6 Å². The Morgan fingerprint density at radius 1 is 0.944 bits per heavy atom. The zero-order valence-electron chi connectivity index (χ0n) is 18.1. The summed E-state index contributed by atoms with van der Waals surface area (Å²) in [7, 11) is 0. The van der Waals surface area contributed by atoms with Crippen molar-refractivity contribution in [3.05, 3.63) is 101 Å². The average molecular weight is 512 g/mol. The van der Waals surface area contributed by atoms with Gasteiger partial charge < -0.3 is 5.32 Å². The second kappa shape index (κ2) is 9.04. The van der Waals surface area contributed by atoms with Gasteiger partial charge in [-0.25, -0.2) is 18.9 Å². The van der Waals surface area contributed by atoms with Crippen LogP contribution in [-0.4, -0.2) is 25.5 Å². The van der Waals surface area contributed by atoms with Crippen LogP contribution < -0.4 is 5.32 Å². The molecule has 0 spiro atoms. The third kappa shape index (κ3) is 4.50. The molecular weight excluding hydrogens is 498 g/mol. The van der Waals surface area contributed by atoms with Crippen LogP contribution in [0.1, 0.15) is 15.9 Å². The molecule has 5 rings (SSSR count). The van der Waals surface area contributed by atoms with E-state index in [-0.39, 0.29) is 16.4 Å². The molecule has 0 aliphatic rings. The van der Waals surface area contributed by atoms with Gasteiger partial charge in [0.2, 0.25) is 0 Å². The molecule has 5 aromatic rings. The number of imidazole rings is 1. The van der Waals surface area contributed by atoms with E-state index in [0.717, 1.165) is 18.2 Å². The Labute approximate surface area is 206 Å². The summed E-state index contributed by atoms with van der Waals surface area (Å²) in [5, 5.41) is 6.80. The van der Waals surface area contributed by atoms with Gasteiger partial charge >= 0.3 is 6.18 Å². The first kappa shape index (κ1) is 23.4. The maximum Gasteiger partial charge on any atom is 0.416 e. The number of hydrogen-bond acceptors (Lipinski definition) is 4. The van der Waals surface area contributed by atoms with E-state index < -0.39 is 23.5 Å². The third-order valence-electron chi connectivity index (χ3n) is 5.31. The number of carbonyl (C=O) groups is 1. The van der Waals surface area contributed by atoms with Crippen molar-refractivity contribution in [3.8, 4) is 22.5 Å². The highest BCUT2D eigenvalue weighted by atomic mass is 35.5. The van der Waals surface area contributed by atoms with Gasteiger partial charge in [0.15, 0.2) is 5.65 Å². The Hall–Kier alpha value is -4.31. The first-order valence-corrected chi connectivity index (χ1v) is 10.8. The first-order valence-electron chi connectivity index (χ1n) is 10.4. The van der Waals surface area contributed by atoms with E-state index in [9.17, 15) is 22.4 Å². The zero-order valence-corrected chi connectivity index (χ0v) is 18.8. The second-order valence-electron chi connectivity index (χ2n) is 7.69. The lowest BCUT2D eigenvalue weighted by Crippen LogP contribution is -2.14. The number of amides is 1. The molecule has 0 unspecified atom stereocenters. The molecule has 6 nitrogen and oxygen atoms in total. The molecule has 0 aliphatic heterocycles. The topological polar surface area (TPSA) is 72.2 Å². The molecule has 3 aromatic heterocycles. The van der Waals surface area contributed by atoms with Crippen molar-refractivity contribution in [3.63, 3.8) is 0 Å². The van der Waals surface area contributed by atoms with Crippen molar-refractivity contribution in [2.24, 2.45) is 0 Å². The summed E-state index contributed by atoms with van der Waals surface area (Å²) in [6, 6.07) is 14.9. The van der Waals surface area contributed by atoms with Crippen LogP contribution in [0.3, 0.4) is 0 Å². The van der Waals surface area contributed by atoms with Crippen molar-refractivity contribution in [2.75, 3.05) is 5.32 Å². The summed E-state index contributed by atoms with van der Waals surface area (Å²) in [6.45, 7) is 0. The van der Waals surface area contributed by atoms with Gasteiger partial charge in [0, 0.05) is 29.1 Å². The fourth-order valence-corrected chi connectivity index (χ4v) is 3.84. The van der Waals surface area contributed by atoms with Gasteiger partial charge in [0.25, 0.3) is 5.91 Å². The molecule has 0 radical (unpaired) electrons. The van der Waals surface area contributed by atoms with Gasteiger partial charge in [-0.2, -0.15) is 18.3 Å². The molecule has 36 heavy (non-hydrogen) atoms. The Morgan fingerprint density at radius 2 is 1.78 bits per heavy atom. The highest BCUT2D eigenvalue weighted by Crippen LogP contribution is 2.35. The van der Waals surface area contributed by atoms with E-state index in [4.69, 9.17) is 11.6 Å². The summed E-state index contributed by atoms with van der Waals surface area (Å²) in [5.74, 6) is -1.23. The number of nitrogens with one attached hydrogen (secondary N) is 1. The number of nitrogens with zero attached hydrogens (tertiary/aromatic N) is 4. The van der Waals surface area contributed by atoms with Crippen LogP contribution in [0, 0.1) is 5.82 Å². The van der Waals surface area contributed by atoms with Gasteiger partial charge in [-0.1, -0.05) is 17.7 Å². The molecule has 0 saturated heterocycles. The number of aromatic nitrogens is 4. The lowest BCUT2D eigenvalue weighted by Gasteiger charge is -2.10. The van der Waals surface area contributed by atoms with E-state index >= 15 is 0 Å². The predicted molar refractivity (Wildman–Crippen MR) is 126 cm³/mol. The van der Waals surface area contributed by atoms with E-state index in [1.165, 1.54) is 36.5 Å². The number of carbonyl (C=O) groups excluding carboxylic acids is 1. The zero-order chi connectivity index (χ0) is 25.4. The maximum atomic E-state index is 13.8. The minimum absolute atomic E-state index is 0.0766. The van der Waals surface area contributed by atoms with Crippen LogP contribution in [0.25, 0.3) is 28.2 Å². The first-order chi connectivity index (χ1) is 17.2. The number of anilines is 1. The Balaban J connectivity index is 1.55. The number of rotatable bonds is 4. The third-order valence-corrected chi connectivity index (χ3v) is 5.60. The monoisotopic (exact) mass is 511 g/mol. The van der Waals surface area contributed by atoms with Crippen molar-refractivity contribution in [1.29, 1.82) is 0 Å². The smallest absolute Gasteiger partial charge is 0.307 e. The van der Waals surface area contributed by atoms with Crippen molar-refractivity contribution in [2.45, 2.75) is 6.18 Å². The van der Waals surface area contributed by atoms with Gasteiger partial charge in [-0.3, -0.25) is 4.79 Å². The summed E-state index contributed by atoms with van der Waals surface area (Å²) in [4.78, 5) is 21.4. The predicted octanol–water partition coefficient (Wildman–Crippen LogP) is 6.52. The molecule has 0 atom stereocenters. The number of fused-ring (bicyclic) bond motifs is 1. The summed E-state index contributed by atoms with van der Waals surface area (Å²) in [6.07, 6.45) is -1.58. The largest absolute Gasteiger partial charge is 0.416 e. The fourth-order valence-electron chi connectivity index (χ4n) is 3.66. The molecular formula is C25H14ClF4N5O. The molecule has 2 aromatic carbocycles. The SMILES string of the molecule is O=C(Nc1cc(-c2c(-c3ccc(F)c(Cl)c3)nc3cccnn23)ccn1)c1cccc(C(F)(F)F)c1. The van der Waals surface area contributed by atoms with E-state index in [2.05, 4.69) is 20.4 Å². The normalized spacial score (nSPS) is 11.6. The molecule has 0 fully saturated rings. The maximum absolute atomic E-state index is 13.8. The summed E-state index contributed by atoms with van der Waals surface area (Å²) < 4.78 is 54.4. The average Bonchev–Trinajstić information content (AvgIpc) is 3.25. The number of hydrogen-bond donors (Lipinski definition) is 1. The quantitative estimate of drug-likeness (QED) is 0.279. The molecule has 11 heteroatoms. The van der Waals surface area contributed by atoms with Crippen LogP contribution in [0.2, 0.25) is 5.02 Å². The van der Waals surface area contributed by atoms with Crippen LogP contribution in [-0.2, 0) is 6.18 Å². The van der Waals surface area contributed by atoms with E-state index in [1.807, 2.05) is 0 Å². The molecule has 0 saturated carbocycles. The minimum Gasteiger partial charge on any atom is -0.307 e. The Morgan fingerprint density at radius 3 is 2.56 bits per heavy atom. The van der Waals surface area contributed by atoms with Crippen LogP contribution in [0.5, 0.6) is 0 Å². The lowest BCUT2D eigenvalue weighted by atomic mass is 10.1. The van der Waals surface area contributed by atoms with Crippen molar-refractivity contribution < 1.29 is 22.4 Å². The lowest BCUT2D eigenvalue weighted by molar-refractivity contribution is -0.137. The van der Waals surface area contributed by atoms with Crippen molar-refractivity contribution >= 4 is 29.0 Å². The number of benzene rings is 2. The van der Waals surface area contributed by atoms with Gasteiger partial charge in [-0.15, -0.1) is 0 Å². The number of pyridine rings is 1. The summed E-state index contributed by atoms with van der Waals surface area (Å²) >= 11 is 5.99. The van der Waals surface area contributed by atoms with Crippen LogP contribution in [0.4, 0.5) is 23.4 Å². The molecule has 1 N–H and O–H groups in total. The Bertz CT molecular complexity index is 1620. The fraction of sp³-hybridized carbons (Fsp3) is 0.0400. The van der Waals surface area contributed by atoms with Gasteiger partial charge in [0.1, 0.15) is 17.3 Å². The second-order valence-corrected chi connectivity index (χ2v) is 8.10. The molecule has 1 amide bonds. The van der Waals surface area contributed by atoms with Crippen LogP contribution in [0.15, 0.2) is 79.1 Å². The highest BCUT2D eigenvalue weighted by Gasteiger charge is 2.31. The summed E-state index contributed by atoms with van der Waals surface area (Å²) in [5.41, 5.74) is 1.46. The Kier molecular flexibility index (Phi) is 5.89.